The lowest BCUT2D eigenvalue weighted by Gasteiger charge is -2.13. The molecular weight excluding hydrogens is 657 g/mol. The summed E-state index contributed by atoms with van der Waals surface area (Å²) in [4.78, 5) is 19.7. The lowest BCUT2D eigenvalue weighted by molar-refractivity contribution is -0.131. The second-order valence-corrected chi connectivity index (χ2v) is 10.1. The molecule has 1 heterocycles. The minimum Gasteiger partial charge on any atom is -0.487 e. The van der Waals surface area contributed by atoms with Gasteiger partial charge in [0, 0.05) is 14.7 Å². The van der Waals surface area contributed by atoms with Crippen LogP contribution in [0.1, 0.15) is 11.1 Å². The van der Waals surface area contributed by atoms with Crippen LogP contribution in [0.25, 0.3) is 17.1 Å². The Morgan fingerprint density at radius 1 is 1.16 bits per heavy atom. The van der Waals surface area contributed by atoms with Crippen LogP contribution >= 0.6 is 56.9 Å². The van der Waals surface area contributed by atoms with E-state index in [4.69, 9.17) is 4.74 Å². The molecule has 0 aliphatic rings. The molecule has 1 aromatic heterocycles. The van der Waals surface area contributed by atoms with Crippen molar-refractivity contribution < 1.29 is 19.0 Å². The third kappa shape index (κ3) is 5.44. The summed E-state index contributed by atoms with van der Waals surface area (Å²) in [5.74, 6) is -0.931. The van der Waals surface area contributed by atoms with Crippen molar-refractivity contribution in [3.63, 3.8) is 0 Å². The molecule has 0 aliphatic heterocycles. The highest BCUT2D eigenvalue weighted by molar-refractivity contribution is 14.1. The molecule has 162 valence electrons. The van der Waals surface area contributed by atoms with Crippen LogP contribution in [0, 0.1) is 13.0 Å². The zero-order valence-corrected chi connectivity index (χ0v) is 21.4. The summed E-state index contributed by atoms with van der Waals surface area (Å²) in [6.07, 6.45) is 1.56. The molecule has 0 spiro atoms. The highest BCUT2D eigenvalue weighted by Gasteiger charge is 2.17. The van der Waals surface area contributed by atoms with Crippen molar-refractivity contribution >= 4 is 80.0 Å². The number of nitrogens with zero attached hydrogens (tertiary/aromatic N) is 1. The topological polar surface area (TPSA) is 75.2 Å². The van der Waals surface area contributed by atoms with Gasteiger partial charge in [-0.1, -0.05) is 30.3 Å². The first-order valence-corrected chi connectivity index (χ1v) is 12.3. The van der Waals surface area contributed by atoms with Gasteiger partial charge in [-0.25, -0.2) is 14.2 Å². The number of nitrogens with one attached hydrogen (secondary N) is 1. The van der Waals surface area contributed by atoms with Gasteiger partial charge in [0.15, 0.2) is 5.16 Å². The van der Waals surface area contributed by atoms with E-state index in [9.17, 15) is 14.3 Å². The van der Waals surface area contributed by atoms with E-state index < -0.39 is 5.97 Å². The third-order valence-corrected chi connectivity index (χ3v) is 6.76. The number of carboxylic acid groups (broad SMARTS) is 1. The zero-order chi connectivity index (χ0) is 22.7. The molecule has 0 unspecified atom stereocenters. The molecule has 32 heavy (non-hydrogen) atoms. The number of ether oxygens (including phenoxy) is 1. The fourth-order valence-electron chi connectivity index (χ4n) is 2.96. The lowest BCUT2D eigenvalue weighted by Crippen LogP contribution is -2.03. The van der Waals surface area contributed by atoms with Gasteiger partial charge in [0.2, 0.25) is 0 Å². The SMILES string of the molecule is O=C(O)/C(=C/c1cc(I)cc(I)c1OCc1ccccc1F)Sc1nc2ccccc2[nH]1. The minimum absolute atomic E-state index is 0.0310. The second kappa shape index (κ2) is 10.2. The average molecular weight is 672 g/mol. The van der Waals surface area contributed by atoms with Gasteiger partial charge in [0.25, 0.3) is 0 Å². The zero-order valence-electron chi connectivity index (χ0n) is 16.3. The largest absolute Gasteiger partial charge is 0.487 e. The first-order chi connectivity index (χ1) is 15.4. The van der Waals surface area contributed by atoms with Crippen LogP contribution in [0.5, 0.6) is 5.75 Å². The monoisotopic (exact) mass is 672 g/mol. The molecule has 4 rings (SSSR count). The van der Waals surface area contributed by atoms with Crippen LogP contribution in [-0.2, 0) is 11.4 Å². The van der Waals surface area contributed by atoms with Gasteiger partial charge in [-0.05, 0) is 93.4 Å². The molecule has 4 aromatic rings. The quantitative estimate of drug-likeness (QED) is 0.130. The number of aromatic amines is 1. The Morgan fingerprint density at radius 2 is 1.91 bits per heavy atom. The van der Waals surface area contributed by atoms with E-state index in [-0.39, 0.29) is 17.3 Å². The Hall–Kier alpha value is -2.12. The number of benzene rings is 3. The summed E-state index contributed by atoms with van der Waals surface area (Å²) in [6.45, 7) is 0.0310. The number of para-hydroxylation sites is 2. The third-order valence-electron chi connectivity index (χ3n) is 4.44. The number of carbonyl (C=O) groups is 1. The van der Waals surface area contributed by atoms with Crippen LogP contribution < -0.4 is 4.74 Å². The van der Waals surface area contributed by atoms with E-state index in [2.05, 4.69) is 55.1 Å². The fraction of sp³-hybridized carbons (Fsp3) is 0.0435. The van der Waals surface area contributed by atoms with Gasteiger partial charge in [-0.3, -0.25) is 0 Å². The Kier molecular flexibility index (Phi) is 7.36. The van der Waals surface area contributed by atoms with E-state index in [0.717, 1.165) is 29.9 Å². The van der Waals surface area contributed by atoms with E-state index in [1.165, 1.54) is 6.07 Å². The number of carboxylic acids is 1. The van der Waals surface area contributed by atoms with Gasteiger partial charge in [0.05, 0.1) is 14.6 Å². The fourth-order valence-corrected chi connectivity index (χ4v) is 5.79. The van der Waals surface area contributed by atoms with Gasteiger partial charge in [-0.2, -0.15) is 0 Å². The van der Waals surface area contributed by atoms with E-state index in [1.807, 2.05) is 36.4 Å². The molecule has 0 amide bonds. The Morgan fingerprint density at radius 3 is 2.66 bits per heavy atom. The number of halogens is 3. The standard InChI is InChI=1S/C23H15FI2N2O3S/c24-16-6-2-1-5-13(16)12-31-21-14(9-15(25)11-17(21)26)10-20(22(29)30)32-23-27-18-7-3-4-8-19(18)28-23/h1-11H,12H2,(H,27,28)(H,29,30)/b20-10-. The molecule has 9 heteroatoms. The maximum absolute atomic E-state index is 14.0. The van der Waals surface area contributed by atoms with Crippen molar-refractivity contribution in [1.82, 2.24) is 9.97 Å². The van der Waals surface area contributed by atoms with Crippen molar-refractivity contribution in [2.45, 2.75) is 11.8 Å². The number of imidazole rings is 1. The van der Waals surface area contributed by atoms with Crippen LogP contribution in [-0.4, -0.2) is 21.0 Å². The smallest absolute Gasteiger partial charge is 0.342 e. The number of hydrogen-bond acceptors (Lipinski definition) is 4. The number of rotatable bonds is 7. The molecule has 0 aliphatic carbocycles. The predicted molar refractivity (Wildman–Crippen MR) is 140 cm³/mol. The molecule has 0 saturated carbocycles. The van der Waals surface area contributed by atoms with E-state index >= 15 is 0 Å². The molecule has 3 aromatic carbocycles. The first kappa shape index (κ1) is 23.1. The highest BCUT2D eigenvalue weighted by Crippen LogP contribution is 2.34. The van der Waals surface area contributed by atoms with Crippen LogP contribution in [0.2, 0.25) is 0 Å². The highest BCUT2D eigenvalue weighted by atomic mass is 127. The van der Waals surface area contributed by atoms with E-state index in [0.29, 0.717) is 22.0 Å². The van der Waals surface area contributed by atoms with E-state index in [1.54, 1.807) is 24.3 Å². The number of thioether (sulfide) groups is 1. The molecule has 0 saturated heterocycles. The minimum atomic E-state index is -1.08. The number of fused-ring (bicyclic) bond motifs is 1. The summed E-state index contributed by atoms with van der Waals surface area (Å²) in [5.41, 5.74) is 2.61. The van der Waals surface area contributed by atoms with Crippen LogP contribution in [0.15, 0.2) is 70.7 Å². The van der Waals surface area contributed by atoms with Crippen molar-refractivity contribution in [3.8, 4) is 5.75 Å². The van der Waals surface area contributed by atoms with Crippen molar-refractivity contribution in [3.05, 3.63) is 89.7 Å². The first-order valence-electron chi connectivity index (χ1n) is 9.33. The second-order valence-electron chi connectivity index (χ2n) is 6.66. The van der Waals surface area contributed by atoms with Gasteiger partial charge in [0.1, 0.15) is 23.1 Å². The molecule has 0 bridgehead atoms. The van der Waals surface area contributed by atoms with Crippen molar-refractivity contribution in [1.29, 1.82) is 0 Å². The molecule has 0 atom stereocenters. The number of hydrogen-bond donors (Lipinski definition) is 2. The molecule has 5 nitrogen and oxygen atoms in total. The van der Waals surface area contributed by atoms with Crippen LogP contribution in [0.4, 0.5) is 4.39 Å². The van der Waals surface area contributed by atoms with Crippen molar-refractivity contribution in [2.24, 2.45) is 0 Å². The summed E-state index contributed by atoms with van der Waals surface area (Å²) >= 11 is 5.33. The molecular formula is C23H15FI2N2O3S. The Balaban J connectivity index is 1.67. The van der Waals surface area contributed by atoms with Gasteiger partial charge >= 0.3 is 5.97 Å². The maximum Gasteiger partial charge on any atom is 0.342 e. The number of aliphatic carboxylic acids is 1. The molecule has 2 N–H and O–H groups in total. The maximum atomic E-state index is 14.0. The lowest BCUT2D eigenvalue weighted by atomic mass is 10.2. The van der Waals surface area contributed by atoms with Gasteiger partial charge in [-0.15, -0.1) is 0 Å². The summed E-state index contributed by atoms with van der Waals surface area (Å²) in [5, 5.41) is 10.3. The van der Waals surface area contributed by atoms with Crippen molar-refractivity contribution in [2.75, 3.05) is 0 Å². The summed E-state index contributed by atoms with van der Waals surface area (Å²) in [6, 6.07) is 17.7. The average Bonchev–Trinajstić information content (AvgIpc) is 3.16. The number of H-pyrrole nitrogens is 1. The predicted octanol–water partition coefficient (Wildman–Crippen LogP) is 6.71. The summed E-state index contributed by atoms with van der Waals surface area (Å²) in [7, 11) is 0. The van der Waals surface area contributed by atoms with Gasteiger partial charge < -0.3 is 14.8 Å². The Bertz CT molecular complexity index is 1310. The summed E-state index contributed by atoms with van der Waals surface area (Å²) < 4.78 is 21.7. The molecule has 0 radical (unpaired) electrons. The Labute approximate surface area is 214 Å². The normalized spacial score (nSPS) is 11.7. The number of aromatic nitrogens is 2. The van der Waals surface area contributed by atoms with Crippen LogP contribution in [0.3, 0.4) is 0 Å². The molecule has 0 fully saturated rings.